The number of nitrogens with zero attached hydrogens (tertiary/aromatic N) is 1. The summed E-state index contributed by atoms with van der Waals surface area (Å²) in [5, 5.41) is 0. The fraction of sp³-hybridized carbons (Fsp3) is 0.950. The van der Waals surface area contributed by atoms with Gasteiger partial charge in [-0.25, -0.2) is 0 Å². The van der Waals surface area contributed by atoms with E-state index < -0.39 is 0 Å². The maximum Gasteiger partial charge on any atom is 0.309 e. The van der Waals surface area contributed by atoms with Crippen LogP contribution in [0, 0.1) is 23.2 Å². The highest BCUT2D eigenvalue weighted by molar-refractivity contribution is 5.72. The van der Waals surface area contributed by atoms with Crippen molar-refractivity contribution in [1.82, 2.24) is 4.90 Å². The molecule has 3 nitrogen and oxygen atoms in total. The molecule has 0 spiro atoms. The minimum Gasteiger partial charge on any atom is -0.464 e. The van der Waals surface area contributed by atoms with Gasteiger partial charge in [-0.15, -0.1) is 0 Å². The number of carbonyl (C=O) groups is 1. The van der Waals surface area contributed by atoms with Crippen molar-refractivity contribution in [2.75, 3.05) is 26.2 Å². The van der Waals surface area contributed by atoms with E-state index in [1.54, 1.807) is 0 Å². The second-order valence-electron chi connectivity index (χ2n) is 7.67. The maximum absolute atomic E-state index is 12.5. The summed E-state index contributed by atoms with van der Waals surface area (Å²) in [7, 11) is 0. The predicted molar refractivity (Wildman–Crippen MR) is 102 cm³/mol. The summed E-state index contributed by atoms with van der Waals surface area (Å²) in [5.74, 6) is 0.831. The van der Waals surface area contributed by atoms with Crippen molar-refractivity contribution in [3.63, 3.8) is 0 Å². The normalized spacial score (nSPS) is 14.3. The molecule has 2 atom stereocenters. The summed E-state index contributed by atoms with van der Waals surface area (Å²) in [6.45, 7) is 24.7. The average Bonchev–Trinajstić information content (AvgIpc) is 2.49. The molecule has 3 heteroatoms. The van der Waals surface area contributed by atoms with Crippen LogP contribution in [0.1, 0.15) is 75.7 Å². The topological polar surface area (TPSA) is 29.5 Å². The first kappa shape index (κ1) is 24.7. The number of likely N-dealkylation sites (N-methyl/N-ethyl adjacent to an activating group) is 1. The van der Waals surface area contributed by atoms with Gasteiger partial charge < -0.3 is 9.64 Å². The Morgan fingerprint density at radius 1 is 1.04 bits per heavy atom. The summed E-state index contributed by atoms with van der Waals surface area (Å²) in [5.41, 5.74) is 0.145. The Labute approximate surface area is 146 Å². The summed E-state index contributed by atoms with van der Waals surface area (Å²) < 4.78 is 5.57. The monoisotopic (exact) mass is 329 g/mol. The van der Waals surface area contributed by atoms with E-state index in [1.807, 2.05) is 13.8 Å². The molecule has 2 unspecified atom stereocenters. The fourth-order valence-electron chi connectivity index (χ4n) is 2.53. The minimum absolute atomic E-state index is 0.00158. The van der Waals surface area contributed by atoms with Gasteiger partial charge in [0.1, 0.15) is 6.61 Å². The zero-order valence-electron chi connectivity index (χ0n) is 17.5. The number of hydrogen-bond acceptors (Lipinski definition) is 3. The summed E-state index contributed by atoms with van der Waals surface area (Å²) in [4.78, 5) is 14.8. The van der Waals surface area contributed by atoms with E-state index in [1.165, 1.54) is 0 Å². The van der Waals surface area contributed by atoms with E-state index in [9.17, 15) is 4.79 Å². The number of hydrogen-bond donors (Lipinski definition) is 0. The van der Waals surface area contributed by atoms with Gasteiger partial charge in [-0.2, -0.15) is 0 Å². The van der Waals surface area contributed by atoms with Gasteiger partial charge in [-0.05, 0) is 36.8 Å². The Kier molecular flexibility index (Phi) is 13.7. The van der Waals surface area contributed by atoms with E-state index in [0.717, 1.165) is 26.1 Å². The molecule has 0 N–H and O–H groups in total. The molecule has 0 amide bonds. The Hall–Kier alpha value is -0.570. The Morgan fingerprint density at radius 3 is 1.87 bits per heavy atom. The van der Waals surface area contributed by atoms with Crippen LogP contribution in [0.25, 0.3) is 0 Å². The highest BCUT2D eigenvalue weighted by Crippen LogP contribution is 2.33. The molecular formula is C20H43NO2. The molecule has 0 aliphatic carbocycles. The molecule has 0 aromatic rings. The fourth-order valence-corrected chi connectivity index (χ4v) is 2.53. The standard InChI is InChI=1S/C18H37NO2.C2H6/c1-9-19(10-2)11-12-21-17(20)16(13-18(6,7)8)15(5)14(3)4;1-2/h14-16H,9-13H2,1-8H3;1-2H3. The lowest BCUT2D eigenvalue weighted by Crippen LogP contribution is -2.33. The number of rotatable bonds is 9. The van der Waals surface area contributed by atoms with Gasteiger partial charge in [0.15, 0.2) is 0 Å². The summed E-state index contributed by atoms with van der Waals surface area (Å²) in [6, 6.07) is 0. The van der Waals surface area contributed by atoms with E-state index in [0.29, 0.717) is 18.4 Å². The SMILES string of the molecule is CC.CCN(CC)CCOC(=O)C(CC(C)(C)C)C(C)C(C)C. The maximum atomic E-state index is 12.5. The van der Waals surface area contributed by atoms with Crippen LogP contribution in [0.3, 0.4) is 0 Å². The molecule has 140 valence electrons. The third-order valence-corrected chi connectivity index (χ3v) is 4.37. The lowest BCUT2D eigenvalue weighted by Gasteiger charge is -2.31. The van der Waals surface area contributed by atoms with E-state index in [4.69, 9.17) is 4.74 Å². The Bertz CT molecular complexity index is 291. The third-order valence-electron chi connectivity index (χ3n) is 4.37. The molecule has 0 aromatic heterocycles. The van der Waals surface area contributed by atoms with Crippen LogP contribution >= 0.6 is 0 Å². The molecule has 0 aliphatic rings. The Balaban J connectivity index is 0. The van der Waals surface area contributed by atoms with Crippen LogP contribution in [0.2, 0.25) is 0 Å². The lowest BCUT2D eigenvalue weighted by molar-refractivity contribution is -0.152. The van der Waals surface area contributed by atoms with Gasteiger partial charge in [0, 0.05) is 6.54 Å². The molecular weight excluding hydrogens is 286 g/mol. The minimum atomic E-state index is -0.0155. The first-order chi connectivity index (χ1) is 10.6. The van der Waals surface area contributed by atoms with Gasteiger partial charge in [0.25, 0.3) is 0 Å². The lowest BCUT2D eigenvalue weighted by atomic mass is 9.75. The molecule has 23 heavy (non-hydrogen) atoms. The Morgan fingerprint density at radius 2 is 1.52 bits per heavy atom. The van der Waals surface area contributed by atoms with Gasteiger partial charge in [0.05, 0.1) is 5.92 Å². The van der Waals surface area contributed by atoms with Gasteiger partial charge in [-0.1, -0.05) is 69.2 Å². The second-order valence-corrected chi connectivity index (χ2v) is 7.67. The van der Waals surface area contributed by atoms with Crippen LogP contribution in [0.4, 0.5) is 0 Å². The van der Waals surface area contributed by atoms with Crippen LogP contribution in [-0.2, 0) is 9.53 Å². The summed E-state index contributed by atoms with van der Waals surface area (Å²) in [6.07, 6.45) is 0.885. The third kappa shape index (κ3) is 11.6. The van der Waals surface area contributed by atoms with Crippen molar-refractivity contribution < 1.29 is 9.53 Å². The molecule has 0 rings (SSSR count). The zero-order valence-corrected chi connectivity index (χ0v) is 17.5. The molecule has 0 fully saturated rings. The molecule has 0 heterocycles. The van der Waals surface area contributed by atoms with Crippen molar-refractivity contribution in [1.29, 1.82) is 0 Å². The van der Waals surface area contributed by atoms with Gasteiger partial charge >= 0.3 is 5.97 Å². The highest BCUT2D eigenvalue weighted by Gasteiger charge is 2.32. The first-order valence-corrected chi connectivity index (χ1v) is 9.51. The zero-order chi connectivity index (χ0) is 18.6. The molecule has 0 saturated heterocycles. The van der Waals surface area contributed by atoms with Crippen LogP contribution in [0.5, 0.6) is 0 Å². The van der Waals surface area contributed by atoms with Crippen LogP contribution in [-0.4, -0.2) is 37.1 Å². The largest absolute Gasteiger partial charge is 0.464 e. The van der Waals surface area contributed by atoms with Crippen LogP contribution in [0.15, 0.2) is 0 Å². The molecule has 0 saturated carbocycles. The van der Waals surface area contributed by atoms with E-state index >= 15 is 0 Å². The van der Waals surface area contributed by atoms with Crippen molar-refractivity contribution in [2.45, 2.75) is 75.7 Å². The highest BCUT2D eigenvalue weighted by atomic mass is 16.5. The van der Waals surface area contributed by atoms with Crippen LogP contribution < -0.4 is 0 Å². The average molecular weight is 330 g/mol. The predicted octanol–water partition coefficient (Wildman–Crippen LogP) is 5.24. The van der Waals surface area contributed by atoms with Gasteiger partial charge in [-0.3, -0.25) is 4.79 Å². The van der Waals surface area contributed by atoms with Crippen molar-refractivity contribution in [3.8, 4) is 0 Å². The number of esters is 1. The van der Waals surface area contributed by atoms with Crippen molar-refractivity contribution in [2.24, 2.45) is 23.2 Å². The number of carbonyl (C=O) groups excluding carboxylic acids is 1. The van der Waals surface area contributed by atoms with E-state index in [2.05, 4.69) is 60.3 Å². The number of ether oxygens (including phenoxy) is 1. The van der Waals surface area contributed by atoms with Crippen molar-refractivity contribution >= 4 is 5.97 Å². The second kappa shape index (κ2) is 12.8. The first-order valence-electron chi connectivity index (χ1n) is 9.51. The molecule has 0 radical (unpaired) electrons. The van der Waals surface area contributed by atoms with E-state index in [-0.39, 0.29) is 17.3 Å². The smallest absolute Gasteiger partial charge is 0.309 e. The van der Waals surface area contributed by atoms with Gasteiger partial charge in [0.2, 0.25) is 0 Å². The molecule has 0 bridgehead atoms. The molecule has 0 aliphatic heterocycles. The van der Waals surface area contributed by atoms with Crippen molar-refractivity contribution in [3.05, 3.63) is 0 Å². The molecule has 0 aromatic carbocycles. The summed E-state index contributed by atoms with van der Waals surface area (Å²) >= 11 is 0. The quantitative estimate of drug-likeness (QED) is 0.542.